The van der Waals surface area contributed by atoms with E-state index in [4.69, 9.17) is 0 Å². The van der Waals surface area contributed by atoms with E-state index in [-0.39, 0.29) is 16.4 Å². The number of aromatic hydroxyl groups is 1. The maximum absolute atomic E-state index is 12.8. The minimum atomic E-state index is -3.62. The number of Topliss-reactive ketones (excluding diaryl/α,β-unsaturated/α-hetero) is 1. The Morgan fingerprint density at radius 2 is 1.64 bits per heavy atom. The number of carbonyl (C=O) groups excluding carboxylic acids is 1. The molecule has 0 atom stereocenters. The van der Waals surface area contributed by atoms with Crippen molar-refractivity contribution in [1.29, 1.82) is 0 Å². The first-order valence-corrected chi connectivity index (χ1v) is 9.47. The first-order valence-electron chi connectivity index (χ1n) is 8.03. The van der Waals surface area contributed by atoms with E-state index in [0.717, 1.165) is 5.69 Å². The molecule has 0 spiro atoms. The highest BCUT2D eigenvalue weighted by molar-refractivity contribution is 7.89. The van der Waals surface area contributed by atoms with Gasteiger partial charge >= 0.3 is 0 Å². The molecule has 1 aliphatic rings. The van der Waals surface area contributed by atoms with Crippen LogP contribution < -0.4 is 4.90 Å². The molecule has 0 saturated carbocycles. The SMILES string of the molecule is CC(=O)c1cccc(S(=O)(=O)N2CCN(c3ccc(O)cc3)CC2)c1. The van der Waals surface area contributed by atoms with Crippen molar-refractivity contribution in [2.75, 3.05) is 31.1 Å². The van der Waals surface area contributed by atoms with E-state index < -0.39 is 10.0 Å². The molecule has 1 N–H and O–H groups in total. The van der Waals surface area contributed by atoms with Crippen molar-refractivity contribution < 1.29 is 18.3 Å². The zero-order valence-electron chi connectivity index (χ0n) is 13.9. The second kappa shape index (κ2) is 6.85. The van der Waals surface area contributed by atoms with E-state index in [1.807, 2.05) is 12.1 Å². The maximum Gasteiger partial charge on any atom is 0.243 e. The molecule has 1 fully saturated rings. The summed E-state index contributed by atoms with van der Waals surface area (Å²) < 4.78 is 27.1. The van der Waals surface area contributed by atoms with E-state index in [2.05, 4.69) is 4.90 Å². The number of carbonyl (C=O) groups is 1. The quantitative estimate of drug-likeness (QED) is 0.845. The summed E-state index contributed by atoms with van der Waals surface area (Å²) in [5, 5.41) is 9.36. The number of benzene rings is 2. The summed E-state index contributed by atoms with van der Waals surface area (Å²) >= 11 is 0. The first-order chi connectivity index (χ1) is 11.9. The van der Waals surface area contributed by atoms with Crippen LogP contribution in [0.5, 0.6) is 5.75 Å². The fourth-order valence-corrected chi connectivity index (χ4v) is 4.34. The summed E-state index contributed by atoms with van der Waals surface area (Å²) in [6.07, 6.45) is 0. The Balaban J connectivity index is 1.74. The number of piperazine rings is 1. The van der Waals surface area contributed by atoms with Crippen molar-refractivity contribution in [3.8, 4) is 5.75 Å². The molecule has 25 heavy (non-hydrogen) atoms. The highest BCUT2D eigenvalue weighted by Crippen LogP contribution is 2.23. The van der Waals surface area contributed by atoms with Crippen molar-refractivity contribution in [3.05, 3.63) is 54.1 Å². The van der Waals surface area contributed by atoms with Gasteiger partial charge in [0, 0.05) is 37.4 Å². The van der Waals surface area contributed by atoms with E-state index in [0.29, 0.717) is 31.7 Å². The third-order valence-corrected chi connectivity index (χ3v) is 6.23. The summed E-state index contributed by atoms with van der Waals surface area (Å²) in [5.74, 6) is 0.0458. The number of anilines is 1. The predicted molar refractivity (Wildman–Crippen MR) is 95.5 cm³/mol. The number of rotatable bonds is 4. The number of phenols is 1. The third-order valence-electron chi connectivity index (χ3n) is 4.33. The maximum atomic E-state index is 12.8. The lowest BCUT2D eigenvalue weighted by Gasteiger charge is -2.35. The topological polar surface area (TPSA) is 77.9 Å². The minimum Gasteiger partial charge on any atom is -0.508 e. The highest BCUT2D eigenvalue weighted by Gasteiger charge is 2.28. The number of sulfonamides is 1. The molecule has 0 aliphatic carbocycles. The lowest BCUT2D eigenvalue weighted by molar-refractivity contribution is 0.101. The van der Waals surface area contributed by atoms with Gasteiger partial charge in [-0.3, -0.25) is 4.79 Å². The Bertz CT molecular complexity index is 870. The summed E-state index contributed by atoms with van der Waals surface area (Å²) in [5.41, 5.74) is 1.34. The lowest BCUT2D eigenvalue weighted by Crippen LogP contribution is -2.48. The Morgan fingerprint density at radius 1 is 1.00 bits per heavy atom. The first kappa shape index (κ1) is 17.4. The second-order valence-corrected chi connectivity index (χ2v) is 7.93. The smallest absolute Gasteiger partial charge is 0.243 e. The fraction of sp³-hybridized carbons (Fsp3) is 0.278. The number of hydrogen-bond donors (Lipinski definition) is 1. The number of nitrogens with zero attached hydrogens (tertiary/aromatic N) is 2. The molecular formula is C18H20N2O4S. The average Bonchev–Trinajstić information content (AvgIpc) is 2.62. The van der Waals surface area contributed by atoms with E-state index in [1.54, 1.807) is 24.3 Å². The largest absolute Gasteiger partial charge is 0.508 e. The van der Waals surface area contributed by atoms with Crippen LogP contribution in [0, 0.1) is 0 Å². The van der Waals surface area contributed by atoms with Gasteiger partial charge in [-0.1, -0.05) is 12.1 Å². The fourth-order valence-electron chi connectivity index (χ4n) is 2.87. The summed E-state index contributed by atoms with van der Waals surface area (Å²) in [6, 6.07) is 13.0. The van der Waals surface area contributed by atoms with Crippen molar-refractivity contribution in [2.45, 2.75) is 11.8 Å². The Labute approximate surface area is 147 Å². The Morgan fingerprint density at radius 3 is 2.24 bits per heavy atom. The molecule has 0 amide bonds. The van der Waals surface area contributed by atoms with Gasteiger partial charge in [0.2, 0.25) is 10.0 Å². The molecular weight excluding hydrogens is 340 g/mol. The molecule has 1 saturated heterocycles. The van der Waals surface area contributed by atoms with Gasteiger partial charge in [-0.15, -0.1) is 0 Å². The summed E-state index contributed by atoms with van der Waals surface area (Å²) in [6.45, 7) is 3.29. The van der Waals surface area contributed by atoms with Gasteiger partial charge in [0.25, 0.3) is 0 Å². The van der Waals surface area contributed by atoms with Crippen molar-refractivity contribution >= 4 is 21.5 Å². The summed E-state index contributed by atoms with van der Waals surface area (Å²) in [4.78, 5) is 13.7. The van der Waals surface area contributed by atoms with Gasteiger partial charge < -0.3 is 10.0 Å². The number of phenolic OH excluding ortho intramolecular Hbond substituents is 1. The Hall–Kier alpha value is -2.38. The predicted octanol–water partition coefficient (Wildman–Crippen LogP) is 2.11. The molecule has 6 nitrogen and oxygen atoms in total. The van der Waals surface area contributed by atoms with Crippen LogP contribution in [-0.2, 0) is 10.0 Å². The second-order valence-electron chi connectivity index (χ2n) is 5.99. The van der Waals surface area contributed by atoms with Gasteiger partial charge in [0.15, 0.2) is 5.78 Å². The third kappa shape index (κ3) is 3.67. The van der Waals surface area contributed by atoms with Gasteiger partial charge in [-0.05, 0) is 43.3 Å². The van der Waals surface area contributed by atoms with Crippen molar-refractivity contribution in [3.63, 3.8) is 0 Å². The average molecular weight is 360 g/mol. The van der Waals surface area contributed by atoms with Gasteiger partial charge in [-0.25, -0.2) is 8.42 Å². The molecule has 0 radical (unpaired) electrons. The van der Waals surface area contributed by atoms with Crippen LogP contribution in [0.2, 0.25) is 0 Å². The normalized spacial score (nSPS) is 16.0. The van der Waals surface area contributed by atoms with Crippen LogP contribution in [0.25, 0.3) is 0 Å². The van der Waals surface area contributed by atoms with Crippen LogP contribution in [0.3, 0.4) is 0 Å². The molecule has 2 aromatic carbocycles. The minimum absolute atomic E-state index is 0.151. The van der Waals surface area contributed by atoms with Crippen LogP contribution in [0.15, 0.2) is 53.4 Å². The van der Waals surface area contributed by atoms with E-state index in [1.165, 1.54) is 23.4 Å². The van der Waals surface area contributed by atoms with E-state index >= 15 is 0 Å². The van der Waals surface area contributed by atoms with Crippen LogP contribution in [0.1, 0.15) is 17.3 Å². The molecule has 3 rings (SSSR count). The molecule has 132 valence electrons. The van der Waals surface area contributed by atoms with E-state index in [9.17, 15) is 18.3 Å². The zero-order valence-corrected chi connectivity index (χ0v) is 14.7. The van der Waals surface area contributed by atoms with Gasteiger partial charge in [0.1, 0.15) is 5.75 Å². The van der Waals surface area contributed by atoms with Crippen LogP contribution in [-0.4, -0.2) is 49.8 Å². The van der Waals surface area contributed by atoms with Gasteiger partial charge in [0.05, 0.1) is 4.90 Å². The number of ketones is 1. The lowest BCUT2D eigenvalue weighted by atomic mass is 10.2. The van der Waals surface area contributed by atoms with Crippen molar-refractivity contribution in [1.82, 2.24) is 4.31 Å². The van der Waals surface area contributed by atoms with Crippen LogP contribution >= 0.6 is 0 Å². The van der Waals surface area contributed by atoms with Crippen LogP contribution in [0.4, 0.5) is 5.69 Å². The number of hydrogen-bond acceptors (Lipinski definition) is 5. The highest BCUT2D eigenvalue weighted by atomic mass is 32.2. The monoisotopic (exact) mass is 360 g/mol. The molecule has 1 aliphatic heterocycles. The molecule has 1 heterocycles. The molecule has 0 bridgehead atoms. The molecule has 2 aromatic rings. The standard InChI is InChI=1S/C18H20N2O4S/c1-14(21)15-3-2-4-18(13-15)25(23,24)20-11-9-19(10-12-20)16-5-7-17(22)8-6-16/h2-8,13,22H,9-12H2,1H3. The molecule has 0 unspecified atom stereocenters. The zero-order chi connectivity index (χ0) is 18.0. The van der Waals surface area contributed by atoms with Gasteiger partial charge in [-0.2, -0.15) is 4.31 Å². The summed E-state index contributed by atoms with van der Waals surface area (Å²) in [7, 11) is -3.62. The molecule has 0 aromatic heterocycles. The molecule has 7 heteroatoms. The Kier molecular flexibility index (Phi) is 4.78. The van der Waals surface area contributed by atoms with Crippen molar-refractivity contribution in [2.24, 2.45) is 0 Å².